The van der Waals surface area contributed by atoms with Crippen LogP contribution in [0.2, 0.25) is 0 Å². The molecule has 1 aromatic heterocycles. The second kappa shape index (κ2) is 6.17. The van der Waals surface area contributed by atoms with Gasteiger partial charge in [-0.2, -0.15) is 5.10 Å². The molecule has 25 heavy (non-hydrogen) atoms. The van der Waals surface area contributed by atoms with E-state index < -0.39 is 0 Å². The molecule has 1 aliphatic carbocycles. The van der Waals surface area contributed by atoms with Crippen molar-refractivity contribution in [3.05, 3.63) is 58.9 Å². The molecule has 1 fully saturated rings. The quantitative estimate of drug-likeness (QED) is 0.860. The van der Waals surface area contributed by atoms with E-state index in [-0.39, 0.29) is 11.3 Å². The normalized spacial score (nSPS) is 17.9. The van der Waals surface area contributed by atoms with E-state index in [2.05, 4.69) is 48.4 Å². The van der Waals surface area contributed by atoms with E-state index in [1.165, 1.54) is 11.1 Å². The third kappa shape index (κ3) is 2.70. The molecule has 4 rings (SSSR count). The second-order valence-corrected chi connectivity index (χ2v) is 7.26. The number of nitrogens with zero attached hydrogens (tertiary/aromatic N) is 3. The first-order chi connectivity index (χ1) is 12.1. The van der Waals surface area contributed by atoms with E-state index in [0.29, 0.717) is 5.69 Å². The van der Waals surface area contributed by atoms with Crippen LogP contribution in [0.3, 0.4) is 0 Å². The number of hydrogen-bond donors (Lipinski definition) is 0. The first kappa shape index (κ1) is 16.1. The molecule has 1 amide bonds. The zero-order valence-electron chi connectivity index (χ0n) is 15.0. The lowest BCUT2D eigenvalue weighted by molar-refractivity contribution is 0.0679. The summed E-state index contributed by atoms with van der Waals surface area (Å²) in [7, 11) is 1.87. The van der Waals surface area contributed by atoms with Crippen LogP contribution in [0.5, 0.6) is 0 Å². The fraction of sp³-hybridized carbons (Fsp3) is 0.429. The Kier molecular flexibility index (Phi) is 3.98. The van der Waals surface area contributed by atoms with Gasteiger partial charge in [0.25, 0.3) is 5.91 Å². The average Bonchev–Trinajstić information content (AvgIpc) is 3.17. The molecule has 0 bridgehead atoms. The smallest absolute Gasteiger partial charge is 0.272 e. The van der Waals surface area contributed by atoms with Gasteiger partial charge in [-0.3, -0.25) is 9.48 Å². The van der Waals surface area contributed by atoms with Gasteiger partial charge in [-0.1, -0.05) is 49.8 Å². The van der Waals surface area contributed by atoms with Crippen molar-refractivity contribution in [2.24, 2.45) is 7.05 Å². The van der Waals surface area contributed by atoms with E-state index >= 15 is 0 Å². The summed E-state index contributed by atoms with van der Waals surface area (Å²) in [5, 5.41) is 4.47. The maximum Gasteiger partial charge on any atom is 0.272 e. The van der Waals surface area contributed by atoms with Crippen LogP contribution in [0.25, 0.3) is 6.08 Å². The zero-order chi connectivity index (χ0) is 17.4. The minimum absolute atomic E-state index is 0.113. The number of benzene rings is 1. The van der Waals surface area contributed by atoms with Gasteiger partial charge in [-0.25, -0.2) is 0 Å². The topological polar surface area (TPSA) is 38.1 Å². The maximum absolute atomic E-state index is 12.9. The number of amides is 1. The van der Waals surface area contributed by atoms with Gasteiger partial charge < -0.3 is 4.90 Å². The summed E-state index contributed by atoms with van der Waals surface area (Å²) in [5.41, 5.74) is 4.59. The molecular formula is C21H25N3O. The summed E-state index contributed by atoms with van der Waals surface area (Å²) < 4.78 is 1.74. The summed E-state index contributed by atoms with van der Waals surface area (Å²) >= 11 is 0. The molecule has 4 heteroatoms. The van der Waals surface area contributed by atoms with Crippen molar-refractivity contribution in [1.82, 2.24) is 14.7 Å². The predicted octanol–water partition coefficient (Wildman–Crippen LogP) is 3.57. The largest absolute Gasteiger partial charge is 0.337 e. The van der Waals surface area contributed by atoms with Gasteiger partial charge in [0.1, 0.15) is 5.69 Å². The van der Waals surface area contributed by atoms with Gasteiger partial charge in [-0.15, -0.1) is 0 Å². The summed E-state index contributed by atoms with van der Waals surface area (Å²) in [6.45, 7) is 3.73. The Morgan fingerprint density at radius 1 is 1.24 bits per heavy atom. The monoisotopic (exact) mass is 335 g/mol. The lowest BCUT2D eigenvalue weighted by Crippen LogP contribution is -2.44. The number of allylic oxidation sites excluding steroid dienone is 1. The van der Waals surface area contributed by atoms with E-state index in [1.807, 2.05) is 18.0 Å². The first-order valence-electron chi connectivity index (χ1n) is 9.24. The molecule has 130 valence electrons. The molecule has 0 saturated carbocycles. The van der Waals surface area contributed by atoms with Crippen LogP contribution in [-0.4, -0.2) is 33.7 Å². The number of rotatable bonds is 3. The van der Waals surface area contributed by atoms with Crippen LogP contribution in [0.15, 0.2) is 36.4 Å². The Morgan fingerprint density at radius 3 is 2.76 bits per heavy atom. The second-order valence-electron chi connectivity index (χ2n) is 7.26. The summed E-state index contributed by atoms with van der Waals surface area (Å²) in [6.07, 6.45) is 8.54. The van der Waals surface area contributed by atoms with Crippen LogP contribution >= 0.6 is 0 Å². The van der Waals surface area contributed by atoms with Gasteiger partial charge in [0.05, 0.1) is 5.69 Å². The summed E-state index contributed by atoms with van der Waals surface area (Å²) in [4.78, 5) is 14.9. The highest BCUT2D eigenvalue weighted by Crippen LogP contribution is 2.43. The Bertz CT molecular complexity index is 825. The number of piperidine rings is 1. The molecule has 1 saturated heterocycles. The van der Waals surface area contributed by atoms with Crippen LogP contribution in [-0.2, 0) is 18.9 Å². The third-order valence-electron chi connectivity index (χ3n) is 5.68. The highest BCUT2D eigenvalue weighted by molar-refractivity contribution is 5.92. The number of fused-ring (bicyclic) bond motifs is 2. The van der Waals surface area contributed by atoms with Gasteiger partial charge in [0.15, 0.2) is 0 Å². The van der Waals surface area contributed by atoms with Crippen molar-refractivity contribution in [2.75, 3.05) is 13.1 Å². The van der Waals surface area contributed by atoms with E-state index in [9.17, 15) is 4.79 Å². The fourth-order valence-corrected chi connectivity index (χ4v) is 4.25. The minimum atomic E-state index is 0.113. The number of carbonyl (C=O) groups is 1. The highest BCUT2D eigenvalue weighted by Gasteiger charge is 2.39. The van der Waals surface area contributed by atoms with E-state index in [1.54, 1.807) is 4.68 Å². The van der Waals surface area contributed by atoms with Gasteiger partial charge >= 0.3 is 0 Å². The zero-order valence-corrected chi connectivity index (χ0v) is 15.0. The molecule has 2 heterocycles. The van der Waals surface area contributed by atoms with Crippen molar-refractivity contribution < 1.29 is 4.79 Å². The highest BCUT2D eigenvalue weighted by atomic mass is 16.2. The van der Waals surface area contributed by atoms with Gasteiger partial charge in [0, 0.05) is 25.6 Å². The first-order valence-corrected chi connectivity index (χ1v) is 9.24. The number of aromatic nitrogens is 2. The molecule has 0 radical (unpaired) electrons. The third-order valence-corrected chi connectivity index (χ3v) is 5.68. The SMILES string of the molecule is CCCc1cc(C(=O)N2CCC3(C=Cc4ccccc43)CC2)n(C)n1. The molecule has 2 aromatic rings. The molecule has 1 aromatic carbocycles. The van der Waals surface area contributed by atoms with Gasteiger partial charge in [-0.05, 0) is 36.5 Å². The van der Waals surface area contributed by atoms with Crippen LogP contribution in [0, 0.1) is 0 Å². The predicted molar refractivity (Wildman–Crippen MR) is 99.5 cm³/mol. The number of aryl methyl sites for hydroxylation is 2. The minimum Gasteiger partial charge on any atom is -0.337 e. The summed E-state index contributed by atoms with van der Waals surface area (Å²) in [5.74, 6) is 0.113. The van der Waals surface area contributed by atoms with Crippen molar-refractivity contribution >= 4 is 12.0 Å². The number of carbonyl (C=O) groups excluding carboxylic acids is 1. The number of hydrogen-bond acceptors (Lipinski definition) is 2. The standard InChI is InChI=1S/C21H25N3O/c1-3-6-17-15-19(23(2)22-17)20(25)24-13-11-21(12-14-24)10-9-16-7-4-5-8-18(16)21/h4-5,7-10,15H,3,6,11-14H2,1-2H3. The Labute approximate surface area is 149 Å². The summed E-state index contributed by atoms with van der Waals surface area (Å²) in [6, 6.07) is 10.6. The lowest BCUT2D eigenvalue weighted by atomic mass is 9.74. The molecule has 0 unspecified atom stereocenters. The molecule has 1 aliphatic heterocycles. The van der Waals surface area contributed by atoms with E-state index in [4.69, 9.17) is 0 Å². The van der Waals surface area contributed by atoms with Crippen LogP contribution in [0.4, 0.5) is 0 Å². The van der Waals surface area contributed by atoms with E-state index in [0.717, 1.165) is 44.5 Å². The molecule has 0 N–H and O–H groups in total. The Morgan fingerprint density at radius 2 is 2.00 bits per heavy atom. The van der Waals surface area contributed by atoms with Gasteiger partial charge in [0.2, 0.25) is 0 Å². The fourth-order valence-electron chi connectivity index (χ4n) is 4.25. The number of likely N-dealkylation sites (tertiary alicyclic amines) is 1. The average molecular weight is 335 g/mol. The van der Waals surface area contributed by atoms with Crippen LogP contribution in [0.1, 0.15) is 53.5 Å². The van der Waals surface area contributed by atoms with Crippen molar-refractivity contribution in [2.45, 2.75) is 38.0 Å². The molecule has 2 aliphatic rings. The van der Waals surface area contributed by atoms with Crippen LogP contribution < -0.4 is 0 Å². The lowest BCUT2D eigenvalue weighted by Gasteiger charge is -2.39. The Balaban J connectivity index is 1.49. The molecular weight excluding hydrogens is 310 g/mol. The van der Waals surface area contributed by atoms with Crippen molar-refractivity contribution in [3.63, 3.8) is 0 Å². The Hall–Kier alpha value is -2.36. The molecule has 1 spiro atoms. The van der Waals surface area contributed by atoms with Crippen molar-refractivity contribution in [1.29, 1.82) is 0 Å². The molecule has 0 atom stereocenters. The maximum atomic E-state index is 12.9. The molecule has 4 nitrogen and oxygen atoms in total. The van der Waals surface area contributed by atoms with Crippen molar-refractivity contribution in [3.8, 4) is 0 Å².